The van der Waals surface area contributed by atoms with E-state index in [1.807, 2.05) is 38.1 Å². The van der Waals surface area contributed by atoms with Gasteiger partial charge in [0.1, 0.15) is 6.04 Å². The van der Waals surface area contributed by atoms with Crippen LogP contribution in [0.5, 0.6) is 0 Å². The minimum Gasteiger partial charge on any atom is -0.350 e. The number of rotatable bonds is 4. The third-order valence-electron chi connectivity index (χ3n) is 4.57. The molecule has 0 unspecified atom stereocenters. The van der Waals surface area contributed by atoms with Crippen LogP contribution in [-0.2, 0) is 20.9 Å². The summed E-state index contributed by atoms with van der Waals surface area (Å²) in [7, 11) is 0. The van der Waals surface area contributed by atoms with Crippen LogP contribution in [-0.4, -0.2) is 40.8 Å². The van der Waals surface area contributed by atoms with E-state index in [0.717, 1.165) is 24.2 Å². The van der Waals surface area contributed by atoms with Crippen LogP contribution in [0.2, 0.25) is 0 Å². The largest absolute Gasteiger partial charge is 0.350 e. The Morgan fingerprint density at radius 2 is 2.04 bits per heavy atom. The van der Waals surface area contributed by atoms with E-state index in [2.05, 4.69) is 10.6 Å². The molecular formula is C18H23N3O3S. The minimum atomic E-state index is -0.494. The van der Waals surface area contributed by atoms with Crippen LogP contribution >= 0.6 is 11.8 Å². The van der Waals surface area contributed by atoms with Gasteiger partial charge in [-0.05, 0) is 38.0 Å². The third kappa shape index (κ3) is 3.98. The number of amides is 3. The molecule has 134 valence electrons. The molecule has 0 spiro atoms. The molecule has 2 saturated heterocycles. The maximum Gasteiger partial charge on any atom is 0.243 e. The van der Waals surface area contributed by atoms with Crippen LogP contribution in [0, 0.1) is 0 Å². The standard InChI is InChI=1S/C18H23N3O3S/c1-18(2)17(24)20-14(11-25-18)16(23)19-10-12-5-7-13(8-6-12)21-9-3-4-15(21)22/h5-8,14H,3-4,9-11H2,1-2H3,(H,19,23)(H,20,24)/t14-/m1/s1. The summed E-state index contributed by atoms with van der Waals surface area (Å²) in [5.74, 6) is 0.453. The summed E-state index contributed by atoms with van der Waals surface area (Å²) in [4.78, 5) is 37.8. The number of hydrogen-bond donors (Lipinski definition) is 2. The lowest BCUT2D eigenvalue weighted by Crippen LogP contribution is -2.57. The van der Waals surface area contributed by atoms with E-state index < -0.39 is 10.8 Å². The van der Waals surface area contributed by atoms with E-state index in [-0.39, 0.29) is 17.7 Å². The predicted octanol–water partition coefficient (Wildman–Crippen LogP) is 1.44. The lowest BCUT2D eigenvalue weighted by molar-refractivity contribution is -0.129. The summed E-state index contributed by atoms with van der Waals surface area (Å²) in [6.45, 7) is 4.87. The molecule has 2 aliphatic heterocycles. The Labute approximate surface area is 151 Å². The highest BCUT2D eigenvalue weighted by Crippen LogP contribution is 2.29. The van der Waals surface area contributed by atoms with Crippen molar-refractivity contribution in [2.75, 3.05) is 17.2 Å². The summed E-state index contributed by atoms with van der Waals surface area (Å²) >= 11 is 1.49. The van der Waals surface area contributed by atoms with Crippen molar-refractivity contribution in [3.05, 3.63) is 29.8 Å². The smallest absolute Gasteiger partial charge is 0.243 e. The van der Waals surface area contributed by atoms with E-state index in [0.29, 0.717) is 18.7 Å². The molecule has 3 rings (SSSR count). The van der Waals surface area contributed by atoms with Gasteiger partial charge < -0.3 is 15.5 Å². The number of anilines is 1. The summed E-state index contributed by atoms with van der Waals surface area (Å²) in [5, 5.41) is 5.64. The SMILES string of the molecule is CC1(C)SC[C@H](C(=O)NCc2ccc(N3CCCC3=O)cc2)NC1=O. The Morgan fingerprint density at radius 3 is 2.64 bits per heavy atom. The number of nitrogens with one attached hydrogen (secondary N) is 2. The Balaban J connectivity index is 1.52. The van der Waals surface area contributed by atoms with E-state index in [9.17, 15) is 14.4 Å². The number of hydrogen-bond acceptors (Lipinski definition) is 4. The monoisotopic (exact) mass is 361 g/mol. The van der Waals surface area contributed by atoms with E-state index in [1.165, 1.54) is 11.8 Å². The topological polar surface area (TPSA) is 78.5 Å². The van der Waals surface area contributed by atoms with Crippen LogP contribution in [0.3, 0.4) is 0 Å². The summed E-state index contributed by atoms with van der Waals surface area (Å²) in [6, 6.07) is 7.15. The molecule has 1 atom stereocenters. The Bertz CT molecular complexity index is 687. The normalized spacial score (nSPS) is 22.6. The first-order valence-corrected chi connectivity index (χ1v) is 9.47. The van der Waals surface area contributed by atoms with Gasteiger partial charge in [-0.3, -0.25) is 14.4 Å². The molecule has 7 heteroatoms. The van der Waals surface area contributed by atoms with Gasteiger partial charge in [0.05, 0.1) is 4.75 Å². The highest BCUT2D eigenvalue weighted by Gasteiger charge is 2.37. The zero-order valence-electron chi connectivity index (χ0n) is 14.5. The van der Waals surface area contributed by atoms with Crippen molar-refractivity contribution >= 4 is 35.2 Å². The second kappa shape index (κ2) is 7.07. The summed E-state index contributed by atoms with van der Waals surface area (Å²) < 4.78 is -0.486. The molecule has 1 aromatic carbocycles. The van der Waals surface area contributed by atoms with Crippen LogP contribution < -0.4 is 15.5 Å². The van der Waals surface area contributed by atoms with Crippen molar-refractivity contribution in [2.45, 2.75) is 44.0 Å². The first kappa shape index (κ1) is 17.8. The molecule has 0 bridgehead atoms. The highest BCUT2D eigenvalue weighted by molar-refractivity contribution is 8.01. The van der Waals surface area contributed by atoms with Gasteiger partial charge in [-0.1, -0.05) is 12.1 Å². The maximum absolute atomic E-state index is 12.3. The number of benzene rings is 1. The third-order valence-corrected chi connectivity index (χ3v) is 5.97. The van der Waals surface area contributed by atoms with Gasteiger partial charge in [-0.2, -0.15) is 0 Å². The number of carbonyl (C=O) groups excluding carboxylic acids is 3. The molecule has 25 heavy (non-hydrogen) atoms. The molecule has 2 heterocycles. The van der Waals surface area contributed by atoms with Crippen molar-refractivity contribution in [2.24, 2.45) is 0 Å². The Morgan fingerprint density at radius 1 is 1.32 bits per heavy atom. The van der Waals surface area contributed by atoms with Crippen LogP contribution in [0.1, 0.15) is 32.3 Å². The molecule has 3 amide bonds. The summed E-state index contributed by atoms with van der Waals surface area (Å²) in [5.41, 5.74) is 1.86. The van der Waals surface area contributed by atoms with Crippen LogP contribution in [0.25, 0.3) is 0 Å². The number of thioether (sulfide) groups is 1. The molecule has 0 saturated carbocycles. The first-order valence-electron chi connectivity index (χ1n) is 8.49. The van der Waals surface area contributed by atoms with Crippen LogP contribution in [0.15, 0.2) is 24.3 Å². The second-order valence-corrected chi connectivity index (χ2v) is 8.52. The van der Waals surface area contributed by atoms with E-state index in [4.69, 9.17) is 0 Å². The quantitative estimate of drug-likeness (QED) is 0.851. The van der Waals surface area contributed by atoms with Crippen molar-refractivity contribution < 1.29 is 14.4 Å². The number of nitrogens with zero attached hydrogens (tertiary/aromatic N) is 1. The average Bonchev–Trinajstić information content (AvgIpc) is 3.01. The zero-order valence-corrected chi connectivity index (χ0v) is 15.3. The number of carbonyl (C=O) groups is 3. The van der Waals surface area contributed by atoms with Gasteiger partial charge in [0.2, 0.25) is 17.7 Å². The lowest BCUT2D eigenvalue weighted by atomic mass is 10.1. The van der Waals surface area contributed by atoms with Crippen molar-refractivity contribution in [3.8, 4) is 0 Å². The van der Waals surface area contributed by atoms with Gasteiger partial charge in [-0.25, -0.2) is 0 Å². The molecule has 2 fully saturated rings. The average molecular weight is 361 g/mol. The molecular weight excluding hydrogens is 338 g/mol. The van der Waals surface area contributed by atoms with Crippen molar-refractivity contribution in [1.82, 2.24) is 10.6 Å². The van der Waals surface area contributed by atoms with Gasteiger partial charge in [-0.15, -0.1) is 11.8 Å². The predicted molar refractivity (Wildman–Crippen MR) is 98.3 cm³/mol. The zero-order chi connectivity index (χ0) is 18.0. The molecule has 0 aliphatic carbocycles. The fraction of sp³-hybridized carbons (Fsp3) is 0.500. The maximum atomic E-state index is 12.3. The fourth-order valence-electron chi connectivity index (χ4n) is 2.90. The highest BCUT2D eigenvalue weighted by atomic mass is 32.2. The van der Waals surface area contributed by atoms with E-state index in [1.54, 1.807) is 4.90 Å². The molecule has 2 N–H and O–H groups in total. The van der Waals surface area contributed by atoms with Crippen molar-refractivity contribution in [3.63, 3.8) is 0 Å². The van der Waals surface area contributed by atoms with Gasteiger partial charge in [0.15, 0.2) is 0 Å². The first-order chi connectivity index (χ1) is 11.9. The Kier molecular flexibility index (Phi) is 5.03. The lowest BCUT2D eigenvalue weighted by Gasteiger charge is -2.32. The fourth-order valence-corrected chi connectivity index (χ4v) is 3.91. The molecule has 0 radical (unpaired) electrons. The second-order valence-electron chi connectivity index (χ2n) is 6.88. The minimum absolute atomic E-state index is 0.108. The van der Waals surface area contributed by atoms with Gasteiger partial charge >= 0.3 is 0 Å². The molecule has 0 aromatic heterocycles. The van der Waals surface area contributed by atoms with Crippen LogP contribution in [0.4, 0.5) is 5.69 Å². The van der Waals surface area contributed by atoms with E-state index >= 15 is 0 Å². The summed E-state index contributed by atoms with van der Waals surface area (Å²) in [6.07, 6.45) is 1.51. The van der Waals surface area contributed by atoms with Gasteiger partial charge in [0, 0.05) is 31.0 Å². The van der Waals surface area contributed by atoms with Crippen molar-refractivity contribution in [1.29, 1.82) is 0 Å². The van der Waals surface area contributed by atoms with Gasteiger partial charge in [0.25, 0.3) is 0 Å². The molecule has 6 nitrogen and oxygen atoms in total. The molecule has 2 aliphatic rings. The molecule has 1 aromatic rings. The Hall–Kier alpha value is -2.02.